The molecule has 0 atom stereocenters. The van der Waals surface area contributed by atoms with E-state index in [1.807, 2.05) is 5.92 Å². The van der Waals surface area contributed by atoms with E-state index in [0.717, 1.165) is 0 Å². The summed E-state index contributed by atoms with van der Waals surface area (Å²) in [5.41, 5.74) is 10.1. The van der Waals surface area contributed by atoms with Crippen molar-refractivity contribution in [2.24, 2.45) is 5.73 Å². The topological polar surface area (TPSA) is 69.1 Å². The minimum atomic E-state index is -0.807. The highest BCUT2D eigenvalue weighted by molar-refractivity contribution is 6.32. The van der Waals surface area contributed by atoms with Gasteiger partial charge in [-0.3, -0.25) is 4.79 Å². The van der Waals surface area contributed by atoms with Crippen LogP contribution in [0.15, 0.2) is 12.1 Å². The number of hydrogen-bond acceptors (Lipinski definition) is 2. The lowest BCUT2D eigenvalue weighted by Crippen LogP contribution is -2.06. The van der Waals surface area contributed by atoms with E-state index in [2.05, 4.69) is 5.92 Å². The van der Waals surface area contributed by atoms with E-state index >= 15 is 0 Å². The van der Waals surface area contributed by atoms with E-state index in [9.17, 15) is 9.18 Å². The SMILES string of the molecule is NC(=O)C#Cc1ccc(N)c(F)c1Cl. The van der Waals surface area contributed by atoms with E-state index < -0.39 is 11.7 Å². The number of nitrogens with two attached hydrogens (primary N) is 2. The molecule has 0 bridgehead atoms. The van der Waals surface area contributed by atoms with Gasteiger partial charge in [-0.15, -0.1) is 0 Å². The van der Waals surface area contributed by atoms with Crippen molar-refractivity contribution in [3.63, 3.8) is 0 Å². The fourth-order valence-corrected chi connectivity index (χ4v) is 1.01. The van der Waals surface area contributed by atoms with Gasteiger partial charge in [-0.2, -0.15) is 0 Å². The molecule has 0 aliphatic heterocycles. The molecule has 1 amide bonds. The molecule has 0 unspecified atom stereocenters. The molecule has 0 fully saturated rings. The minimum absolute atomic E-state index is 0.0698. The molecule has 72 valence electrons. The Hall–Kier alpha value is -1.73. The van der Waals surface area contributed by atoms with Crippen molar-refractivity contribution in [1.29, 1.82) is 0 Å². The van der Waals surface area contributed by atoms with Crippen molar-refractivity contribution >= 4 is 23.2 Å². The Labute approximate surface area is 84.8 Å². The summed E-state index contributed by atoms with van der Waals surface area (Å²) in [4.78, 5) is 10.3. The van der Waals surface area contributed by atoms with Crippen molar-refractivity contribution in [2.45, 2.75) is 0 Å². The largest absolute Gasteiger partial charge is 0.396 e. The molecule has 1 aromatic carbocycles. The Kier molecular flexibility index (Phi) is 2.95. The summed E-state index contributed by atoms with van der Waals surface area (Å²) in [7, 11) is 0. The van der Waals surface area contributed by atoms with Gasteiger partial charge in [0.1, 0.15) is 0 Å². The summed E-state index contributed by atoms with van der Waals surface area (Å²) >= 11 is 5.57. The highest BCUT2D eigenvalue weighted by Gasteiger charge is 2.07. The number of nitrogen functional groups attached to an aromatic ring is 1. The summed E-state index contributed by atoms with van der Waals surface area (Å²) in [6, 6.07) is 2.73. The predicted octanol–water partition coefficient (Wildman–Crippen LogP) is 0.898. The van der Waals surface area contributed by atoms with Crippen molar-refractivity contribution in [1.82, 2.24) is 0 Å². The second-order valence-electron chi connectivity index (χ2n) is 2.44. The molecule has 0 aliphatic rings. The molecule has 0 aliphatic carbocycles. The van der Waals surface area contributed by atoms with Gasteiger partial charge in [0.25, 0.3) is 5.91 Å². The number of amides is 1. The van der Waals surface area contributed by atoms with Crippen LogP contribution in [0.1, 0.15) is 5.56 Å². The van der Waals surface area contributed by atoms with E-state index in [1.165, 1.54) is 12.1 Å². The lowest BCUT2D eigenvalue weighted by atomic mass is 10.2. The zero-order chi connectivity index (χ0) is 10.7. The van der Waals surface area contributed by atoms with Gasteiger partial charge in [-0.05, 0) is 12.1 Å². The lowest BCUT2D eigenvalue weighted by molar-refractivity contribution is -0.112. The van der Waals surface area contributed by atoms with Crippen LogP contribution in [0.5, 0.6) is 0 Å². The van der Waals surface area contributed by atoms with Gasteiger partial charge < -0.3 is 11.5 Å². The number of carbonyl (C=O) groups excluding carboxylic acids is 1. The van der Waals surface area contributed by atoms with Crippen LogP contribution >= 0.6 is 11.6 Å². The molecule has 4 N–H and O–H groups in total. The number of halogens is 2. The third kappa shape index (κ3) is 2.15. The van der Waals surface area contributed by atoms with E-state index in [0.29, 0.717) is 0 Å². The molecule has 0 heterocycles. The Balaban J connectivity index is 3.20. The number of carbonyl (C=O) groups is 1. The minimum Gasteiger partial charge on any atom is -0.396 e. The van der Waals surface area contributed by atoms with E-state index in [1.54, 1.807) is 0 Å². The molecule has 0 saturated carbocycles. The second kappa shape index (κ2) is 3.99. The molecule has 5 heteroatoms. The summed E-state index contributed by atoms with van der Waals surface area (Å²) in [6.07, 6.45) is 0. The number of rotatable bonds is 0. The quantitative estimate of drug-likeness (QED) is 0.496. The maximum Gasteiger partial charge on any atom is 0.293 e. The van der Waals surface area contributed by atoms with Gasteiger partial charge >= 0.3 is 0 Å². The molecule has 3 nitrogen and oxygen atoms in total. The lowest BCUT2D eigenvalue weighted by Gasteiger charge is -2.00. The van der Waals surface area contributed by atoms with Gasteiger partial charge in [0.05, 0.1) is 10.7 Å². The Bertz CT molecular complexity index is 448. The summed E-state index contributed by atoms with van der Waals surface area (Å²) < 4.78 is 13.1. The number of anilines is 1. The van der Waals surface area contributed by atoms with Crippen LogP contribution in [0.4, 0.5) is 10.1 Å². The van der Waals surface area contributed by atoms with Crippen LogP contribution in [0.3, 0.4) is 0 Å². The van der Waals surface area contributed by atoms with Crippen LogP contribution in [-0.4, -0.2) is 5.91 Å². The first kappa shape index (κ1) is 10.4. The molecule has 1 aromatic rings. The van der Waals surface area contributed by atoms with Crippen LogP contribution < -0.4 is 11.5 Å². The first-order valence-electron chi connectivity index (χ1n) is 3.57. The zero-order valence-electron chi connectivity index (χ0n) is 6.97. The smallest absolute Gasteiger partial charge is 0.293 e. The second-order valence-corrected chi connectivity index (χ2v) is 2.82. The number of primary amides is 1. The van der Waals surface area contributed by atoms with Crippen molar-refractivity contribution < 1.29 is 9.18 Å². The maximum atomic E-state index is 13.1. The van der Waals surface area contributed by atoms with Crippen LogP contribution in [0.25, 0.3) is 0 Å². The summed E-state index contributed by atoms with van der Waals surface area (Å²) in [5, 5.41) is -0.209. The average molecular weight is 213 g/mol. The van der Waals surface area contributed by atoms with Gasteiger partial charge in [0, 0.05) is 11.5 Å². The Morgan fingerprint density at radius 2 is 2.14 bits per heavy atom. The molecule has 0 radical (unpaired) electrons. The summed E-state index contributed by atoms with van der Waals surface area (Å²) in [5.74, 6) is 2.82. The van der Waals surface area contributed by atoms with E-state index in [-0.39, 0.29) is 16.3 Å². The van der Waals surface area contributed by atoms with Crippen molar-refractivity contribution in [3.8, 4) is 11.8 Å². The molecular weight excluding hydrogens is 207 g/mol. The third-order valence-electron chi connectivity index (χ3n) is 1.43. The summed E-state index contributed by atoms with van der Waals surface area (Å²) in [6.45, 7) is 0. The highest BCUT2D eigenvalue weighted by Crippen LogP contribution is 2.23. The first-order chi connectivity index (χ1) is 6.52. The maximum absolute atomic E-state index is 13.1. The van der Waals surface area contributed by atoms with Gasteiger partial charge in [0.2, 0.25) is 0 Å². The number of benzene rings is 1. The molecule has 0 aromatic heterocycles. The molecule has 1 rings (SSSR count). The van der Waals surface area contributed by atoms with E-state index in [4.69, 9.17) is 23.1 Å². The average Bonchev–Trinajstić information content (AvgIpc) is 2.13. The molecule has 0 saturated heterocycles. The third-order valence-corrected chi connectivity index (χ3v) is 1.80. The zero-order valence-corrected chi connectivity index (χ0v) is 7.73. The molecular formula is C9H6ClFN2O. The normalized spacial score (nSPS) is 9.00. The van der Waals surface area contributed by atoms with Gasteiger partial charge in [0.15, 0.2) is 5.82 Å². The van der Waals surface area contributed by atoms with Gasteiger partial charge in [-0.25, -0.2) is 4.39 Å². The van der Waals surface area contributed by atoms with Crippen LogP contribution in [-0.2, 0) is 4.79 Å². The fraction of sp³-hybridized carbons (Fsp3) is 0. The first-order valence-corrected chi connectivity index (χ1v) is 3.95. The standard InChI is InChI=1S/C9H6ClFN2O/c10-8-5(2-4-7(13)14)1-3-6(12)9(8)11/h1,3H,12H2,(H2,13,14). The fourth-order valence-electron chi connectivity index (χ4n) is 0.790. The van der Waals surface area contributed by atoms with Crippen LogP contribution in [0, 0.1) is 17.7 Å². The molecule has 14 heavy (non-hydrogen) atoms. The van der Waals surface area contributed by atoms with Gasteiger partial charge in [-0.1, -0.05) is 17.5 Å². The monoisotopic (exact) mass is 212 g/mol. The molecule has 0 spiro atoms. The van der Waals surface area contributed by atoms with Crippen molar-refractivity contribution in [2.75, 3.05) is 5.73 Å². The Morgan fingerprint density at radius 3 is 2.71 bits per heavy atom. The highest BCUT2D eigenvalue weighted by atomic mass is 35.5. The Morgan fingerprint density at radius 1 is 1.50 bits per heavy atom. The number of hydrogen-bond donors (Lipinski definition) is 2. The predicted molar refractivity (Wildman–Crippen MR) is 51.9 cm³/mol. The van der Waals surface area contributed by atoms with Crippen molar-refractivity contribution in [3.05, 3.63) is 28.5 Å². The van der Waals surface area contributed by atoms with Crippen LogP contribution in [0.2, 0.25) is 5.02 Å².